The first-order valence-corrected chi connectivity index (χ1v) is 9.90. The number of amides is 2. The molecule has 0 unspecified atom stereocenters. The topological polar surface area (TPSA) is 100 Å². The molecule has 2 aromatic rings. The summed E-state index contributed by atoms with van der Waals surface area (Å²) in [6.45, 7) is 5.04. The first-order valence-electron chi connectivity index (χ1n) is 9.90. The molecule has 1 aromatic carbocycles. The van der Waals surface area contributed by atoms with Gasteiger partial charge in [0.15, 0.2) is 0 Å². The summed E-state index contributed by atoms with van der Waals surface area (Å²) in [7, 11) is 0. The molecule has 30 heavy (non-hydrogen) atoms. The lowest BCUT2D eigenvalue weighted by Gasteiger charge is -2.23. The predicted molar refractivity (Wildman–Crippen MR) is 110 cm³/mol. The minimum atomic E-state index is -0.940. The van der Waals surface area contributed by atoms with Crippen LogP contribution in [0.3, 0.4) is 0 Å². The lowest BCUT2D eigenvalue weighted by atomic mass is 10.1. The second kappa shape index (κ2) is 8.39. The SMILES string of the molecule is Cc1cc(NC(=O)c2cc(C(=O)C(=O)NC(C)(C)CO)n3c2CCCC3)ccc1F. The number of aromatic nitrogens is 1. The molecule has 0 saturated heterocycles. The highest BCUT2D eigenvalue weighted by Crippen LogP contribution is 2.26. The zero-order valence-electron chi connectivity index (χ0n) is 17.3. The van der Waals surface area contributed by atoms with Crippen LogP contribution in [0.25, 0.3) is 0 Å². The fourth-order valence-corrected chi connectivity index (χ4v) is 3.50. The first kappa shape index (κ1) is 21.7. The Labute approximate surface area is 174 Å². The van der Waals surface area contributed by atoms with Crippen molar-refractivity contribution in [2.75, 3.05) is 11.9 Å². The van der Waals surface area contributed by atoms with Crippen LogP contribution < -0.4 is 10.6 Å². The van der Waals surface area contributed by atoms with Crippen LogP contribution in [0, 0.1) is 12.7 Å². The first-order chi connectivity index (χ1) is 14.1. The minimum absolute atomic E-state index is 0.149. The summed E-state index contributed by atoms with van der Waals surface area (Å²) in [5.41, 5.74) is 1.10. The minimum Gasteiger partial charge on any atom is -0.394 e. The fraction of sp³-hybridized carbons (Fsp3) is 0.409. The Morgan fingerprint density at radius 3 is 2.60 bits per heavy atom. The second-order valence-electron chi connectivity index (χ2n) is 8.24. The maximum atomic E-state index is 13.5. The molecule has 0 saturated carbocycles. The van der Waals surface area contributed by atoms with E-state index in [-0.39, 0.29) is 18.1 Å². The number of aryl methyl sites for hydroxylation is 1. The number of anilines is 1. The predicted octanol–water partition coefficient (Wildman–Crippen LogP) is 2.59. The molecular formula is C22H26FN3O4. The summed E-state index contributed by atoms with van der Waals surface area (Å²) in [5, 5.41) is 14.6. The Morgan fingerprint density at radius 2 is 1.93 bits per heavy atom. The lowest BCUT2D eigenvalue weighted by molar-refractivity contribution is -0.119. The number of ketones is 1. The van der Waals surface area contributed by atoms with Crippen LogP contribution in [0.4, 0.5) is 10.1 Å². The van der Waals surface area contributed by atoms with Crippen molar-refractivity contribution in [1.82, 2.24) is 9.88 Å². The number of fused-ring (bicyclic) bond motifs is 1. The number of nitrogens with one attached hydrogen (secondary N) is 2. The van der Waals surface area contributed by atoms with Crippen molar-refractivity contribution < 1.29 is 23.9 Å². The molecule has 0 radical (unpaired) electrons. The summed E-state index contributed by atoms with van der Waals surface area (Å²) in [6.07, 6.45) is 2.32. The van der Waals surface area contributed by atoms with Crippen LogP contribution in [0.2, 0.25) is 0 Å². The van der Waals surface area contributed by atoms with Gasteiger partial charge >= 0.3 is 0 Å². The molecule has 1 aliphatic heterocycles. The number of benzene rings is 1. The van der Waals surface area contributed by atoms with Crippen molar-refractivity contribution in [2.45, 2.75) is 52.1 Å². The van der Waals surface area contributed by atoms with E-state index in [1.54, 1.807) is 25.3 Å². The number of carbonyl (C=O) groups excluding carboxylic acids is 3. The third-order valence-corrected chi connectivity index (χ3v) is 5.20. The molecule has 1 aromatic heterocycles. The summed E-state index contributed by atoms with van der Waals surface area (Å²) < 4.78 is 15.2. The third kappa shape index (κ3) is 4.43. The van der Waals surface area contributed by atoms with Gasteiger partial charge in [-0.25, -0.2) is 4.39 Å². The number of carbonyl (C=O) groups is 3. The number of aliphatic hydroxyl groups is 1. The number of rotatable bonds is 6. The molecule has 160 valence electrons. The number of nitrogens with zero attached hydrogens (tertiary/aromatic N) is 1. The highest BCUT2D eigenvalue weighted by molar-refractivity contribution is 6.42. The summed E-state index contributed by atoms with van der Waals surface area (Å²) in [4.78, 5) is 38.1. The Hall–Kier alpha value is -3.00. The van der Waals surface area contributed by atoms with Gasteiger partial charge in [-0.15, -0.1) is 0 Å². The van der Waals surface area contributed by atoms with Gasteiger partial charge in [-0.1, -0.05) is 0 Å². The van der Waals surface area contributed by atoms with E-state index in [4.69, 9.17) is 0 Å². The van der Waals surface area contributed by atoms with E-state index in [0.29, 0.717) is 35.5 Å². The molecule has 0 aliphatic carbocycles. The molecule has 8 heteroatoms. The maximum Gasteiger partial charge on any atom is 0.294 e. The van der Waals surface area contributed by atoms with Gasteiger partial charge in [0.05, 0.1) is 23.4 Å². The summed E-state index contributed by atoms with van der Waals surface area (Å²) >= 11 is 0. The summed E-state index contributed by atoms with van der Waals surface area (Å²) in [6, 6.07) is 5.73. The molecule has 2 heterocycles. The van der Waals surface area contributed by atoms with Crippen molar-refractivity contribution in [3.05, 3.63) is 52.6 Å². The van der Waals surface area contributed by atoms with Crippen LogP contribution in [0.5, 0.6) is 0 Å². The van der Waals surface area contributed by atoms with Crippen LogP contribution in [0.15, 0.2) is 24.3 Å². The number of hydrogen-bond acceptors (Lipinski definition) is 4. The molecule has 0 fully saturated rings. The number of Topliss-reactive ketones (excluding diaryl/α,β-unsaturated/α-hetero) is 1. The molecule has 3 rings (SSSR count). The van der Waals surface area contributed by atoms with Gasteiger partial charge in [-0.2, -0.15) is 0 Å². The van der Waals surface area contributed by atoms with Crippen LogP contribution in [0.1, 0.15) is 58.8 Å². The average Bonchev–Trinajstić information content (AvgIpc) is 3.09. The zero-order valence-corrected chi connectivity index (χ0v) is 17.3. The van der Waals surface area contributed by atoms with E-state index in [0.717, 1.165) is 12.8 Å². The fourth-order valence-electron chi connectivity index (χ4n) is 3.50. The molecule has 3 N–H and O–H groups in total. The second-order valence-corrected chi connectivity index (χ2v) is 8.24. The molecule has 1 aliphatic rings. The standard InChI is InChI=1S/C22H26FN3O4/c1-13-10-14(7-8-16(13)23)24-20(29)15-11-18(26-9-5-4-6-17(15)26)19(28)21(30)25-22(2,3)12-27/h7-8,10-11,27H,4-6,9,12H2,1-3H3,(H,24,29)(H,25,30). The highest BCUT2D eigenvalue weighted by Gasteiger charge is 2.31. The van der Waals surface area contributed by atoms with Gasteiger partial charge in [-0.05, 0) is 69.9 Å². The Kier molecular flexibility index (Phi) is 6.07. The largest absolute Gasteiger partial charge is 0.394 e. The van der Waals surface area contributed by atoms with Gasteiger partial charge in [0.1, 0.15) is 5.82 Å². The van der Waals surface area contributed by atoms with Crippen molar-refractivity contribution in [3.63, 3.8) is 0 Å². The van der Waals surface area contributed by atoms with Gasteiger partial charge < -0.3 is 20.3 Å². The van der Waals surface area contributed by atoms with Crippen molar-refractivity contribution >= 4 is 23.3 Å². The van der Waals surface area contributed by atoms with Crippen LogP contribution in [-0.4, -0.2) is 39.4 Å². The van der Waals surface area contributed by atoms with Gasteiger partial charge in [0.2, 0.25) is 0 Å². The average molecular weight is 415 g/mol. The van der Waals surface area contributed by atoms with Gasteiger partial charge in [0.25, 0.3) is 17.6 Å². The quantitative estimate of drug-likeness (QED) is 0.499. The number of aliphatic hydroxyl groups excluding tert-OH is 1. The number of hydrogen-bond donors (Lipinski definition) is 3. The van der Waals surface area contributed by atoms with E-state index in [2.05, 4.69) is 10.6 Å². The monoisotopic (exact) mass is 415 g/mol. The third-order valence-electron chi connectivity index (χ3n) is 5.20. The molecule has 0 atom stereocenters. The summed E-state index contributed by atoms with van der Waals surface area (Å²) in [5.74, 6) is -2.36. The molecule has 2 amide bonds. The Morgan fingerprint density at radius 1 is 1.20 bits per heavy atom. The molecular weight excluding hydrogens is 389 g/mol. The van der Waals surface area contributed by atoms with Gasteiger partial charge in [0, 0.05) is 17.9 Å². The molecule has 0 bridgehead atoms. The molecule has 0 spiro atoms. The van der Waals surface area contributed by atoms with E-state index >= 15 is 0 Å². The lowest BCUT2D eigenvalue weighted by Crippen LogP contribution is -2.49. The van der Waals surface area contributed by atoms with E-state index in [9.17, 15) is 23.9 Å². The van der Waals surface area contributed by atoms with Crippen molar-refractivity contribution in [3.8, 4) is 0 Å². The van der Waals surface area contributed by atoms with E-state index in [1.807, 2.05) is 0 Å². The molecule has 7 nitrogen and oxygen atoms in total. The zero-order chi connectivity index (χ0) is 22.1. The van der Waals surface area contributed by atoms with Crippen molar-refractivity contribution in [1.29, 1.82) is 0 Å². The normalized spacial score (nSPS) is 13.5. The van der Waals surface area contributed by atoms with Crippen LogP contribution in [-0.2, 0) is 17.8 Å². The Bertz CT molecular complexity index is 1010. The highest BCUT2D eigenvalue weighted by atomic mass is 19.1. The maximum absolute atomic E-state index is 13.5. The van der Waals surface area contributed by atoms with E-state index < -0.39 is 23.1 Å². The van der Waals surface area contributed by atoms with E-state index in [1.165, 1.54) is 24.3 Å². The number of halogens is 1. The smallest absolute Gasteiger partial charge is 0.294 e. The van der Waals surface area contributed by atoms with Crippen LogP contribution >= 0.6 is 0 Å². The van der Waals surface area contributed by atoms with Crippen molar-refractivity contribution in [2.24, 2.45) is 0 Å². The Balaban J connectivity index is 1.90. The van der Waals surface area contributed by atoms with Gasteiger partial charge in [-0.3, -0.25) is 14.4 Å².